The predicted octanol–water partition coefficient (Wildman–Crippen LogP) is 3.67. The first-order chi connectivity index (χ1) is 8.38. The number of aryl methyl sites for hydroxylation is 1. The largest absolute Gasteiger partial charge is 0.279 e. The molecule has 18 heavy (non-hydrogen) atoms. The zero-order valence-electron chi connectivity index (χ0n) is 9.15. The second-order valence-electron chi connectivity index (χ2n) is 3.50. The second-order valence-corrected chi connectivity index (χ2v) is 7.93. The number of thiazole rings is 1. The van der Waals surface area contributed by atoms with Crippen molar-refractivity contribution in [3.63, 3.8) is 0 Å². The number of nitrogens with zero attached hydrogens (tertiary/aromatic N) is 1. The Morgan fingerprint density at radius 2 is 2.17 bits per heavy atom. The third-order valence-electron chi connectivity index (χ3n) is 2.17. The van der Waals surface area contributed by atoms with Gasteiger partial charge in [0.25, 0.3) is 10.0 Å². The highest BCUT2D eigenvalue weighted by atomic mass is 79.9. The van der Waals surface area contributed by atoms with Crippen molar-refractivity contribution in [2.45, 2.75) is 11.1 Å². The topological polar surface area (TPSA) is 59.1 Å². The summed E-state index contributed by atoms with van der Waals surface area (Å²) in [5.74, 6) is 0. The van der Waals surface area contributed by atoms with Gasteiger partial charge in [0, 0.05) is 4.47 Å². The molecule has 1 aromatic carbocycles. The molecule has 0 bridgehead atoms. The summed E-state index contributed by atoms with van der Waals surface area (Å²) in [6.07, 6.45) is 1.24. The van der Waals surface area contributed by atoms with Gasteiger partial charge in [-0.1, -0.05) is 44.9 Å². The van der Waals surface area contributed by atoms with E-state index in [1.165, 1.54) is 6.20 Å². The Bertz CT molecular complexity index is 685. The maximum Gasteiger partial charge on any atom is 0.273 e. The van der Waals surface area contributed by atoms with Crippen LogP contribution in [0.1, 0.15) is 5.56 Å². The number of hydrogen-bond acceptors (Lipinski definition) is 4. The molecule has 0 aliphatic heterocycles. The molecular formula is C10H8BrClN2O2S2. The molecule has 8 heteroatoms. The molecule has 0 aliphatic carbocycles. The number of benzene rings is 1. The Morgan fingerprint density at radius 1 is 1.44 bits per heavy atom. The highest BCUT2D eigenvalue weighted by molar-refractivity contribution is 9.10. The van der Waals surface area contributed by atoms with Gasteiger partial charge in [0.15, 0.2) is 8.68 Å². The van der Waals surface area contributed by atoms with Crippen LogP contribution in [-0.2, 0) is 10.0 Å². The van der Waals surface area contributed by atoms with E-state index < -0.39 is 10.0 Å². The van der Waals surface area contributed by atoms with E-state index in [2.05, 4.69) is 25.6 Å². The fourth-order valence-electron chi connectivity index (χ4n) is 1.26. The normalized spacial score (nSPS) is 11.5. The fourth-order valence-corrected chi connectivity index (χ4v) is 4.04. The summed E-state index contributed by atoms with van der Waals surface area (Å²) >= 11 is 9.85. The van der Waals surface area contributed by atoms with Crippen molar-refractivity contribution in [2.75, 3.05) is 4.72 Å². The minimum absolute atomic E-state index is 0.0897. The van der Waals surface area contributed by atoms with Gasteiger partial charge in [0.1, 0.15) is 0 Å². The number of aromatic nitrogens is 1. The molecule has 0 saturated heterocycles. The van der Waals surface area contributed by atoms with E-state index in [0.717, 1.165) is 21.4 Å². The SMILES string of the molecule is Cc1ccc(Br)cc1NS(=O)(=O)c1cnc(Cl)s1. The predicted molar refractivity (Wildman–Crippen MR) is 76.8 cm³/mol. The standard InChI is InChI=1S/C10H8BrClN2O2S2/c1-6-2-3-7(11)4-8(6)14-18(15,16)9-5-13-10(12)17-9/h2-5,14H,1H3. The molecule has 2 aromatic rings. The van der Waals surface area contributed by atoms with Crippen molar-refractivity contribution < 1.29 is 8.42 Å². The number of nitrogens with one attached hydrogen (secondary N) is 1. The van der Waals surface area contributed by atoms with Crippen molar-refractivity contribution >= 4 is 54.6 Å². The molecule has 96 valence electrons. The Hall–Kier alpha value is -0.630. The third kappa shape index (κ3) is 3.03. The van der Waals surface area contributed by atoms with Crippen molar-refractivity contribution in [3.8, 4) is 0 Å². The van der Waals surface area contributed by atoms with Crippen molar-refractivity contribution in [2.24, 2.45) is 0 Å². The average Bonchev–Trinajstić information content (AvgIpc) is 2.71. The van der Waals surface area contributed by atoms with Crippen LogP contribution >= 0.6 is 38.9 Å². The molecule has 0 radical (unpaired) electrons. The number of sulfonamides is 1. The van der Waals surface area contributed by atoms with Crippen LogP contribution in [0.4, 0.5) is 5.69 Å². The summed E-state index contributed by atoms with van der Waals surface area (Å²) in [6.45, 7) is 1.82. The molecule has 1 heterocycles. The molecule has 1 N–H and O–H groups in total. The quantitative estimate of drug-likeness (QED) is 0.900. The van der Waals surface area contributed by atoms with Gasteiger partial charge >= 0.3 is 0 Å². The first-order valence-electron chi connectivity index (χ1n) is 4.79. The minimum atomic E-state index is -3.63. The Kier molecular flexibility index (Phi) is 3.96. The van der Waals surface area contributed by atoms with E-state index in [1.807, 2.05) is 19.1 Å². The van der Waals surface area contributed by atoms with Gasteiger partial charge in [-0.15, -0.1) is 0 Å². The van der Waals surface area contributed by atoms with E-state index in [0.29, 0.717) is 5.69 Å². The van der Waals surface area contributed by atoms with E-state index in [4.69, 9.17) is 11.6 Å². The van der Waals surface area contributed by atoms with Crippen LogP contribution in [0.5, 0.6) is 0 Å². The van der Waals surface area contributed by atoms with Crippen molar-refractivity contribution in [1.29, 1.82) is 0 Å². The summed E-state index contributed by atoms with van der Waals surface area (Å²) in [7, 11) is -3.63. The fraction of sp³-hybridized carbons (Fsp3) is 0.100. The molecule has 2 rings (SSSR count). The van der Waals surface area contributed by atoms with Crippen LogP contribution in [0.2, 0.25) is 4.47 Å². The van der Waals surface area contributed by atoms with Crippen LogP contribution in [0.15, 0.2) is 33.1 Å². The van der Waals surface area contributed by atoms with Gasteiger partial charge in [-0.25, -0.2) is 13.4 Å². The van der Waals surface area contributed by atoms with Gasteiger partial charge < -0.3 is 0 Å². The molecule has 0 unspecified atom stereocenters. The lowest BCUT2D eigenvalue weighted by molar-refractivity contribution is 0.603. The highest BCUT2D eigenvalue weighted by Gasteiger charge is 2.18. The number of halogens is 2. The molecule has 0 spiro atoms. The van der Waals surface area contributed by atoms with Crippen LogP contribution in [-0.4, -0.2) is 13.4 Å². The molecular weight excluding hydrogens is 360 g/mol. The summed E-state index contributed by atoms with van der Waals surface area (Å²) in [5, 5.41) is 0. The first-order valence-corrected chi connectivity index (χ1v) is 8.26. The second kappa shape index (κ2) is 5.16. The average molecular weight is 368 g/mol. The first kappa shape index (κ1) is 13.8. The molecule has 0 fully saturated rings. The Labute approximate surface area is 122 Å². The van der Waals surface area contributed by atoms with E-state index in [9.17, 15) is 8.42 Å². The van der Waals surface area contributed by atoms with Crippen LogP contribution in [0.3, 0.4) is 0 Å². The van der Waals surface area contributed by atoms with Gasteiger partial charge in [0.2, 0.25) is 0 Å². The van der Waals surface area contributed by atoms with Crippen LogP contribution < -0.4 is 4.72 Å². The Morgan fingerprint density at radius 3 is 2.78 bits per heavy atom. The molecule has 4 nitrogen and oxygen atoms in total. The smallest absolute Gasteiger partial charge is 0.273 e. The summed E-state index contributed by atoms with van der Waals surface area (Å²) in [6, 6.07) is 5.37. The van der Waals surface area contributed by atoms with E-state index in [-0.39, 0.29) is 8.68 Å². The zero-order chi connectivity index (χ0) is 13.3. The van der Waals surface area contributed by atoms with Crippen LogP contribution in [0, 0.1) is 6.92 Å². The van der Waals surface area contributed by atoms with E-state index in [1.54, 1.807) is 6.07 Å². The highest BCUT2D eigenvalue weighted by Crippen LogP contribution is 2.27. The monoisotopic (exact) mass is 366 g/mol. The maximum atomic E-state index is 12.1. The summed E-state index contributed by atoms with van der Waals surface area (Å²) in [5.41, 5.74) is 1.35. The number of rotatable bonds is 3. The number of hydrogen-bond donors (Lipinski definition) is 1. The van der Waals surface area contributed by atoms with Crippen LogP contribution in [0.25, 0.3) is 0 Å². The van der Waals surface area contributed by atoms with Gasteiger partial charge in [-0.2, -0.15) is 0 Å². The lowest BCUT2D eigenvalue weighted by Crippen LogP contribution is -2.12. The van der Waals surface area contributed by atoms with Gasteiger partial charge in [-0.05, 0) is 24.6 Å². The maximum absolute atomic E-state index is 12.1. The lowest BCUT2D eigenvalue weighted by Gasteiger charge is -2.09. The molecule has 1 aromatic heterocycles. The van der Waals surface area contributed by atoms with Gasteiger partial charge in [-0.3, -0.25) is 4.72 Å². The molecule has 0 atom stereocenters. The summed E-state index contributed by atoms with van der Waals surface area (Å²) in [4.78, 5) is 3.72. The van der Waals surface area contributed by atoms with E-state index >= 15 is 0 Å². The van der Waals surface area contributed by atoms with Crippen molar-refractivity contribution in [1.82, 2.24) is 4.98 Å². The third-order valence-corrected chi connectivity index (χ3v) is 5.60. The Balaban J connectivity index is 2.36. The molecule has 0 amide bonds. The minimum Gasteiger partial charge on any atom is -0.279 e. The lowest BCUT2D eigenvalue weighted by atomic mass is 10.2. The zero-order valence-corrected chi connectivity index (χ0v) is 13.1. The number of anilines is 1. The molecule has 0 aliphatic rings. The summed E-state index contributed by atoms with van der Waals surface area (Å²) < 4.78 is 27.7. The van der Waals surface area contributed by atoms with Crippen molar-refractivity contribution in [3.05, 3.63) is 38.9 Å². The molecule has 0 saturated carbocycles. The van der Waals surface area contributed by atoms with Gasteiger partial charge in [0.05, 0.1) is 11.9 Å².